The molecule has 1 aliphatic heterocycles. The predicted molar refractivity (Wildman–Crippen MR) is 119 cm³/mol. The number of hydrogen-bond donors (Lipinski definition) is 2. The summed E-state index contributed by atoms with van der Waals surface area (Å²) in [5.41, 5.74) is 6.93. The Kier molecular flexibility index (Phi) is 6.77. The highest BCUT2D eigenvalue weighted by atomic mass is 35.5. The Morgan fingerprint density at radius 2 is 1.53 bits per heavy atom. The minimum atomic E-state index is -0.411. The van der Waals surface area contributed by atoms with Crippen LogP contribution in [0.25, 0.3) is 0 Å². The molecule has 4 rings (SSSR count). The maximum Gasteiger partial charge on any atom is 0.269 e. The van der Waals surface area contributed by atoms with Crippen LogP contribution in [0.5, 0.6) is 17.2 Å². The largest absolute Gasteiger partial charge is 0.489 e. The quantitative estimate of drug-likeness (QED) is 0.557. The summed E-state index contributed by atoms with van der Waals surface area (Å²) in [7, 11) is 0. The fraction of sp³-hybridized carbons (Fsp3) is 0.167. The molecule has 2 N–H and O–H groups in total. The Bertz CT molecular complexity index is 1100. The van der Waals surface area contributed by atoms with Crippen LogP contribution in [0.15, 0.2) is 66.7 Å². The predicted octanol–water partition coefficient (Wildman–Crippen LogP) is 3.69. The summed E-state index contributed by atoms with van der Waals surface area (Å²) in [6, 6.07) is 19.3. The third-order valence-electron chi connectivity index (χ3n) is 4.72. The average Bonchev–Trinajstić information content (AvgIpc) is 2.82. The Morgan fingerprint density at radius 3 is 2.28 bits per heavy atom. The third-order valence-corrected chi connectivity index (χ3v) is 4.97. The molecular formula is C24H21ClN2O5. The number of carbonyl (C=O) groups excluding carboxylic acids is 2. The summed E-state index contributed by atoms with van der Waals surface area (Å²) in [6.07, 6.45) is 0.0951. The van der Waals surface area contributed by atoms with E-state index in [2.05, 4.69) is 10.9 Å². The van der Waals surface area contributed by atoms with Crippen molar-refractivity contribution in [2.24, 2.45) is 0 Å². The highest BCUT2D eigenvalue weighted by Crippen LogP contribution is 2.30. The maximum atomic E-state index is 12.3. The number of halogens is 1. The van der Waals surface area contributed by atoms with Gasteiger partial charge in [-0.2, -0.15) is 0 Å². The number of nitrogens with one attached hydrogen (secondary N) is 2. The number of hydrazine groups is 1. The van der Waals surface area contributed by atoms with Gasteiger partial charge >= 0.3 is 0 Å². The standard InChI is InChI=1S/C24H21ClN2O5/c25-19-6-8-20(9-7-19)32-15-16-1-4-18(5-2-16)24(29)27-26-23(28)14-17-3-10-21-22(13-17)31-12-11-30-21/h1-10,13H,11-12,14-15H2,(H,26,28)(H,27,29). The molecule has 3 aromatic rings. The van der Waals surface area contributed by atoms with Crippen LogP contribution in [0.3, 0.4) is 0 Å². The number of amides is 2. The number of fused-ring (bicyclic) bond motifs is 1. The summed E-state index contributed by atoms with van der Waals surface area (Å²) >= 11 is 5.86. The molecule has 0 spiro atoms. The van der Waals surface area contributed by atoms with E-state index in [1.165, 1.54) is 0 Å². The van der Waals surface area contributed by atoms with Crippen molar-refractivity contribution in [3.63, 3.8) is 0 Å². The van der Waals surface area contributed by atoms with E-state index in [1.54, 1.807) is 66.7 Å². The molecule has 164 valence electrons. The zero-order valence-electron chi connectivity index (χ0n) is 17.1. The second-order valence-corrected chi connectivity index (χ2v) is 7.53. The van der Waals surface area contributed by atoms with E-state index in [0.717, 1.165) is 11.1 Å². The molecule has 0 bridgehead atoms. The average molecular weight is 453 g/mol. The lowest BCUT2D eigenvalue weighted by atomic mass is 10.1. The second kappa shape index (κ2) is 10.1. The number of rotatable bonds is 6. The molecule has 0 radical (unpaired) electrons. The maximum absolute atomic E-state index is 12.3. The first-order valence-electron chi connectivity index (χ1n) is 10.0. The first-order chi connectivity index (χ1) is 15.6. The molecule has 8 heteroatoms. The van der Waals surface area contributed by atoms with Gasteiger partial charge in [0, 0.05) is 10.6 Å². The number of benzene rings is 3. The summed E-state index contributed by atoms with van der Waals surface area (Å²) in [5, 5.41) is 0.645. The van der Waals surface area contributed by atoms with Gasteiger partial charge in [-0.1, -0.05) is 29.8 Å². The van der Waals surface area contributed by atoms with Crippen LogP contribution in [0.1, 0.15) is 21.5 Å². The normalized spacial score (nSPS) is 12.0. The lowest BCUT2D eigenvalue weighted by Gasteiger charge is -2.18. The molecule has 0 atom stereocenters. The lowest BCUT2D eigenvalue weighted by Crippen LogP contribution is -2.42. The Labute approximate surface area is 190 Å². The van der Waals surface area contributed by atoms with E-state index < -0.39 is 5.91 Å². The first kappa shape index (κ1) is 21.5. The molecule has 3 aromatic carbocycles. The van der Waals surface area contributed by atoms with E-state index in [-0.39, 0.29) is 12.3 Å². The van der Waals surface area contributed by atoms with Crippen LogP contribution in [-0.4, -0.2) is 25.0 Å². The van der Waals surface area contributed by atoms with Gasteiger partial charge in [0.25, 0.3) is 5.91 Å². The Hall–Kier alpha value is -3.71. The van der Waals surface area contributed by atoms with Gasteiger partial charge in [0.15, 0.2) is 11.5 Å². The Morgan fingerprint density at radius 1 is 0.844 bits per heavy atom. The van der Waals surface area contributed by atoms with Gasteiger partial charge in [0.2, 0.25) is 5.91 Å². The Balaban J connectivity index is 1.24. The van der Waals surface area contributed by atoms with Crippen LogP contribution < -0.4 is 25.1 Å². The van der Waals surface area contributed by atoms with Crippen molar-refractivity contribution in [3.8, 4) is 17.2 Å². The van der Waals surface area contributed by atoms with Crippen molar-refractivity contribution in [1.82, 2.24) is 10.9 Å². The fourth-order valence-corrected chi connectivity index (χ4v) is 3.20. The molecule has 0 unspecified atom stereocenters. The van der Waals surface area contributed by atoms with Crippen molar-refractivity contribution < 1.29 is 23.8 Å². The third kappa shape index (κ3) is 5.70. The molecule has 0 fully saturated rings. The second-order valence-electron chi connectivity index (χ2n) is 7.10. The molecule has 0 aliphatic carbocycles. The smallest absolute Gasteiger partial charge is 0.269 e. The van der Waals surface area contributed by atoms with Crippen LogP contribution in [0, 0.1) is 0 Å². The van der Waals surface area contributed by atoms with Gasteiger partial charge in [0.05, 0.1) is 6.42 Å². The van der Waals surface area contributed by atoms with Crippen molar-refractivity contribution in [2.75, 3.05) is 13.2 Å². The molecule has 0 saturated heterocycles. The van der Waals surface area contributed by atoms with Crippen molar-refractivity contribution in [1.29, 1.82) is 0 Å². The molecule has 32 heavy (non-hydrogen) atoms. The van der Waals surface area contributed by atoms with Crippen molar-refractivity contribution in [2.45, 2.75) is 13.0 Å². The minimum Gasteiger partial charge on any atom is -0.489 e. The zero-order chi connectivity index (χ0) is 22.3. The SMILES string of the molecule is O=C(Cc1ccc2c(c1)OCCO2)NNC(=O)c1ccc(COc2ccc(Cl)cc2)cc1. The van der Waals surface area contributed by atoms with Crippen molar-refractivity contribution >= 4 is 23.4 Å². The highest BCUT2D eigenvalue weighted by Gasteiger charge is 2.14. The lowest BCUT2D eigenvalue weighted by molar-refractivity contribution is -0.121. The minimum absolute atomic E-state index is 0.0951. The van der Waals surface area contributed by atoms with E-state index in [1.807, 2.05) is 0 Å². The summed E-state index contributed by atoms with van der Waals surface area (Å²) < 4.78 is 16.7. The van der Waals surface area contributed by atoms with Crippen LogP contribution in [0.4, 0.5) is 0 Å². The molecule has 2 amide bonds. The zero-order valence-corrected chi connectivity index (χ0v) is 17.9. The van der Waals surface area contributed by atoms with Crippen LogP contribution in [-0.2, 0) is 17.8 Å². The molecular weight excluding hydrogens is 432 g/mol. The van der Waals surface area contributed by atoms with Gasteiger partial charge in [-0.05, 0) is 59.7 Å². The van der Waals surface area contributed by atoms with Gasteiger partial charge in [-0.25, -0.2) is 0 Å². The van der Waals surface area contributed by atoms with Gasteiger partial charge < -0.3 is 14.2 Å². The van der Waals surface area contributed by atoms with Gasteiger partial charge in [-0.3, -0.25) is 20.4 Å². The van der Waals surface area contributed by atoms with E-state index in [9.17, 15) is 9.59 Å². The molecule has 1 aliphatic rings. The molecule has 7 nitrogen and oxygen atoms in total. The van der Waals surface area contributed by atoms with Gasteiger partial charge in [-0.15, -0.1) is 0 Å². The fourth-order valence-electron chi connectivity index (χ4n) is 3.08. The van der Waals surface area contributed by atoms with E-state index >= 15 is 0 Å². The summed E-state index contributed by atoms with van der Waals surface area (Å²) in [4.78, 5) is 24.5. The van der Waals surface area contributed by atoms with Crippen molar-refractivity contribution in [3.05, 3.63) is 88.4 Å². The van der Waals surface area contributed by atoms with Crippen LogP contribution >= 0.6 is 11.6 Å². The number of carbonyl (C=O) groups is 2. The van der Waals surface area contributed by atoms with E-state index in [0.29, 0.717) is 47.7 Å². The van der Waals surface area contributed by atoms with Crippen LogP contribution in [0.2, 0.25) is 5.02 Å². The first-order valence-corrected chi connectivity index (χ1v) is 10.4. The summed E-state index contributed by atoms with van der Waals surface area (Å²) in [6.45, 7) is 1.34. The van der Waals surface area contributed by atoms with E-state index in [4.69, 9.17) is 25.8 Å². The number of ether oxygens (including phenoxy) is 3. The van der Waals surface area contributed by atoms with Gasteiger partial charge in [0.1, 0.15) is 25.6 Å². The monoisotopic (exact) mass is 452 g/mol. The number of hydrogen-bond acceptors (Lipinski definition) is 5. The molecule has 0 aromatic heterocycles. The highest BCUT2D eigenvalue weighted by molar-refractivity contribution is 6.30. The topological polar surface area (TPSA) is 85.9 Å². The summed E-state index contributed by atoms with van der Waals surface area (Å²) in [5.74, 6) is 1.23. The molecule has 0 saturated carbocycles. The molecule has 1 heterocycles.